The molecule has 0 bridgehead atoms. The van der Waals surface area contributed by atoms with Crippen LogP contribution >= 0.6 is 11.6 Å². The average molecular weight is 442 g/mol. The zero-order valence-electron chi connectivity index (χ0n) is 17.4. The summed E-state index contributed by atoms with van der Waals surface area (Å²) in [5, 5.41) is 13.8. The maximum Gasteiger partial charge on any atom is 0.321 e. The second kappa shape index (κ2) is 8.55. The monoisotopic (exact) mass is 441 g/mol. The number of para-hydroxylation sites is 2. The average Bonchev–Trinajstić information content (AvgIpc) is 3.15. The SMILES string of the molecule is CC(C)n1c([C@H]2CCCN(C(=O)Nc3ccc([N+](=O)[O-])cc3Cl)C2)nc2ccccc21. The van der Waals surface area contributed by atoms with Crippen LogP contribution in [0.5, 0.6) is 0 Å². The number of imidazole rings is 1. The van der Waals surface area contributed by atoms with Gasteiger partial charge in [0.25, 0.3) is 5.69 Å². The minimum atomic E-state index is -0.520. The Balaban J connectivity index is 1.54. The van der Waals surface area contributed by atoms with E-state index < -0.39 is 4.92 Å². The molecule has 1 aliphatic rings. The molecule has 4 rings (SSSR count). The Kier molecular flexibility index (Phi) is 5.82. The fraction of sp³-hybridized carbons (Fsp3) is 0.364. The van der Waals surface area contributed by atoms with Gasteiger partial charge in [0.15, 0.2) is 0 Å². The van der Waals surface area contributed by atoms with Gasteiger partial charge < -0.3 is 14.8 Å². The second-order valence-corrected chi connectivity index (χ2v) is 8.47. The Labute approximate surface area is 185 Å². The van der Waals surface area contributed by atoms with Crippen LogP contribution in [0.2, 0.25) is 5.02 Å². The number of nitrogens with one attached hydrogen (secondary N) is 1. The molecule has 31 heavy (non-hydrogen) atoms. The van der Waals surface area contributed by atoms with Gasteiger partial charge in [-0.05, 0) is 44.9 Å². The largest absolute Gasteiger partial charge is 0.325 e. The normalized spacial score (nSPS) is 16.6. The van der Waals surface area contributed by atoms with Crippen LogP contribution in [0, 0.1) is 10.1 Å². The van der Waals surface area contributed by atoms with Gasteiger partial charge in [-0.15, -0.1) is 0 Å². The van der Waals surface area contributed by atoms with Gasteiger partial charge in [0.05, 0.1) is 26.7 Å². The lowest BCUT2D eigenvalue weighted by molar-refractivity contribution is -0.384. The summed E-state index contributed by atoms with van der Waals surface area (Å²) in [6.45, 7) is 5.46. The zero-order valence-corrected chi connectivity index (χ0v) is 18.2. The lowest BCUT2D eigenvalue weighted by Gasteiger charge is -2.33. The minimum Gasteiger partial charge on any atom is -0.325 e. The Bertz CT molecular complexity index is 1140. The molecule has 0 spiro atoms. The first kappa shape index (κ1) is 21.1. The lowest BCUT2D eigenvalue weighted by atomic mass is 9.97. The third-order valence-corrected chi connectivity index (χ3v) is 5.93. The molecule has 1 N–H and O–H groups in total. The summed E-state index contributed by atoms with van der Waals surface area (Å²) >= 11 is 6.13. The van der Waals surface area contributed by atoms with Crippen molar-refractivity contribution in [2.24, 2.45) is 0 Å². The Hall–Kier alpha value is -3.13. The first-order chi connectivity index (χ1) is 14.8. The molecule has 1 saturated heterocycles. The number of nitro benzene ring substituents is 1. The van der Waals surface area contributed by atoms with Gasteiger partial charge in [-0.1, -0.05) is 23.7 Å². The molecule has 0 aliphatic carbocycles. The molecule has 2 heterocycles. The molecule has 2 aromatic carbocycles. The summed E-state index contributed by atoms with van der Waals surface area (Å²) in [5.41, 5.74) is 2.31. The van der Waals surface area contributed by atoms with Crippen LogP contribution in [0.15, 0.2) is 42.5 Å². The predicted molar refractivity (Wildman–Crippen MR) is 121 cm³/mol. The van der Waals surface area contributed by atoms with Crippen molar-refractivity contribution in [2.75, 3.05) is 18.4 Å². The Morgan fingerprint density at radius 2 is 2.06 bits per heavy atom. The number of hydrogen-bond acceptors (Lipinski definition) is 4. The van der Waals surface area contributed by atoms with Crippen molar-refractivity contribution in [1.29, 1.82) is 0 Å². The molecule has 0 radical (unpaired) electrons. The highest BCUT2D eigenvalue weighted by Crippen LogP contribution is 2.32. The van der Waals surface area contributed by atoms with E-state index in [0.29, 0.717) is 18.8 Å². The van der Waals surface area contributed by atoms with Crippen LogP contribution in [-0.2, 0) is 0 Å². The molecule has 8 nitrogen and oxygen atoms in total. The summed E-state index contributed by atoms with van der Waals surface area (Å²) in [5.74, 6) is 1.13. The number of likely N-dealkylation sites (tertiary alicyclic amines) is 1. The third-order valence-electron chi connectivity index (χ3n) is 5.62. The molecule has 1 aliphatic heterocycles. The van der Waals surface area contributed by atoms with Crippen LogP contribution in [0.3, 0.4) is 0 Å². The van der Waals surface area contributed by atoms with E-state index in [0.717, 1.165) is 29.7 Å². The van der Waals surface area contributed by atoms with Crippen LogP contribution in [0.4, 0.5) is 16.2 Å². The van der Waals surface area contributed by atoms with Gasteiger partial charge in [0.1, 0.15) is 5.82 Å². The highest BCUT2D eigenvalue weighted by molar-refractivity contribution is 6.33. The van der Waals surface area contributed by atoms with E-state index in [2.05, 4.69) is 29.8 Å². The molecule has 3 aromatic rings. The number of fused-ring (bicyclic) bond motifs is 1. The molecule has 1 aromatic heterocycles. The topological polar surface area (TPSA) is 93.3 Å². The van der Waals surface area contributed by atoms with E-state index in [1.807, 2.05) is 18.2 Å². The van der Waals surface area contributed by atoms with Crippen molar-refractivity contribution in [2.45, 2.75) is 38.6 Å². The van der Waals surface area contributed by atoms with Crippen LogP contribution in [0.25, 0.3) is 11.0 Å². The summed E-state index contributed by atoms with van der Waals surface area (Å²) < 4.78 is 2.26. The standard InChI is InChI=1S/C22H24ClN5O3/c1-14(2)27-20-8-4-3-7-19(20)24-21(27)15-6-5-11-26(13-15)22(29)25-18-10-9-16(28(30)31)12-17(18)23/h3-4,7-10,12,14-15H,5-6,11,13H2,1-2H3,(H,25,29)/t15-/m0/s1. The van der Waals surface area contributed by atoms with E-state index in [4.69, 9.17) is 16.6 Å². The minimum absolute atomic E-state index is 0.117. The maximum absolute atomic E-state index is 12.9. The van der Waals surface area contributed by atoms with E-state index in [1.54, 1.807) is 4.90 Å². The number of non-ortho nitro benzene ring substituents is 1. The highest BCUT2D eigenvalue weighted by atomic mass is 35.5. The number of rotatable bonds is 4. The number of halogens is 1. The van der Waals surface area contributed by atoms with Crippen molar-refractivity contribution in [3.63, 3.8) is 0 Å². The molecule has 1 fully saturated rings. The number of amides is 2. The summed E-state index contributed by atoms with van der Waals surface area (Å²) in [6.07, 6.45) is 1.82. The van der Waals surface area contributed by atoms with Crippen LogP contribution in [-0.4, -0.2) is 38.5 Å². The third kappa shape index (κ3) is 4.20. The van der Waals surface area contributed by atoms with E-state index in [-0.39, 0.29) is 28.7 Å². The number of aromatic nitrogens is 2. The zero-order chi connectivity index (χ0) is 22.1. The number of hydrogen-bond donors (Lipinski definition) is 1. The van der Waals surface area contributed by atoms with E-state index in [9.17, 15) is 14.9 Å². The van der Waals surface area contributed by atoms with Crippen LogP contribution in [0.1, 0.15) is 44.5 Å². The first-order valence-corrected chi connectivity index (χ1v) is 10.7. The molecule has 162 valence electrons. The number of benzene rings is 2. The van der Waals surface area contributed by atoms with Crippen LogP contribution < -0.4 is 5.32 Å². The van der Waals surface area contributed by atoms with Gasteiger partial charge >= 0.3 is 6.03 Å². The van der Waals surface area contributed by atoms with Crippen molar-refractivity contribution < 1.29 is 9.72 Å². The van der Waals surface area contributed by atoms with Gasteiger partial charge in [-0.25, -0.2) is 9.78 Å². The number of nitro groups is 1. The number of nitrogens with zero attached hydrogens (tertiary/aromatic N) is 4. The molecule has 2 amide bonds. The number of piperidine rings is 1. The van der Waals surface area contributed by atoms with E-state index in [1.165, 1.54) is 18.2 Å². The number of anilines is 1. The van der Waals surface area contributed by atoms with Gasteiger partial charge in [-0.3, -0.25) is 10.1 Å². The molecular weight excluding hydrogens is 418 g/mol. The molecule has 0 unspecified atom stereocenters. The van der Waals surface area contributed by atoms with Gasteiger partial charge in [0, 0.05) is 37.2 Å². The van der Waals surface area contributed by atoms with Crippen molar-refractivity contribution in [1.82, 2.24) is 14.5 Å². The maximum atomic E-state index is 12.9. The molecular formula is C22H24ClN5O3. The Morgan fingerprint density at radius 1 is 1.29 bits per heavy atom. The Morgan fingerprint density at radius 3 is 2.77 bits per heavy atom. The quantitative estimate of drug-likeness (QED) is 0.421. The smallest absolute Gasteiger partial charge is 0.321 e. The number of carbonyl (C=O) groups excluding carboxylic acids is 1. The van der Waals surface area contributed by atoms with Gasteiger partial charge in [0.2, 0.25) is 0 Å². The first-order valence-electron chi connectivity index (χ1n) is 10.3. The predicted octanol–water partition coefficient (Wildman–Crippen LogP) is 5.59. The highest BCUT2D eigenvalue weighted by Gasteiger charge is 2.29. The fourth-order valence-electron chi connectivity index (χ4n) is 4.18. The molecule has 9 heteroatoms. The summed E-state index contributed by atoms with van der Waals surface area (Å²) in [4.78, 5) is 29.9. The van der Waals surface area contributed by atoms with E-state index >= 15 is 0 Å². The molecule has 1 atom stereocenters. The summed E-state index contributed by atoms with van der Waals surface area (Å²) in [6, 6.07) is 12.1. The second-order valence-electron chi connectivity index (χ2n) is 8.06. The molecule has 0 saturated carbocycles. The van der Waals surface area contributed by atoms with Crippen molar-refractivity contribution in [3.8, 4) is 0 Å². The van der Waals surface area contributed by atoms with Crippen molar-refractivity contribution >= 4 is 40.0 Å². The number of carbonyl (C=O) groups is 1. The summed E-state index contributed by atoms with van der Waals surface area (Å²) in [7, 11) is 0. The van der Waals surface area contributed by atoms with Gasteiger partial charge in [-0.2, -0.15) is 0 Å². The number of urea groups is 1. The lowest BCUT2D eigenvalue weighted by Crippen LogP contribution is -2.42. The fourth-order valence-corrected chi connectivity index (χ4v) is 4.40. The van der Waals surface area contributed by atoms with Crippen molar-refractivity contribution in [3.05, 3.63) is 63.4 Å².